The van der Waals surface area contributed by atoms with Gasteiger partial charge in [0.15, 0.2) is 16.6 Å². The summed E-state index contributed by atoms with van der Waals surface area (Å²) in [7, 11) is -6.86. The molecule has 0 saturated carbocycles. The van der Waals surface area contributed by atoms with Crippen LogP contribution in [0.25, 0.3) is 0 Å². The second kappa shape index (κ2) is 11.4. The minimum atomic E-state index is -1.90. The Labute approximate surface area is 211 Å². The molecule has 0 aromatic carbocycles. The van der Waals surface area contributed by atoms with E-state index in [0.717, 1.165) is 11.1 Å². The summed E-state index contributed by atoms with van der Waals surface area (Å²) in [5.41, 5.74) is 12.4. The molecule has 0 atom stereocenters. The largest absolute Gasteiger partial charge is 0.411 e. The van der Waals surface area contributed by atoms with Crippen molar-refractivity contribution in [3.8, 4) is 22.9 Å². The van der Waals surface area contributed by atoms with Crippen molar-refractivity contribution in [3.05, 3.63) is 16.9 Å². The van der Waals surface area contributed by atoms with Gasteiger partial charge < -0.3 is 8.85 Å². The Hall–Kier alpha value is -0.572. The number of rotatable bonds is 6. The summed E-state index contributed by atoms with van der Waals surface area (Å²) in [6, 6.07) is 0. The zero-order chi connectivity index (χ0) is 26.5. The van der Waals surface area contributed by atoms with E-state index >= 15 is 0 Å². The summed E-state index contributed by atoms with van der Waals surface area (Å²) in [6.45, 7) is 37.3. The van der Waals surface area contributed by atoms with Crippen LogP contribution in [0.5, 0.6) is 0 Å². The van der Waals surface area contributed by atoms with Crippen molar-refractivity contribution in [2.24, 2.45) is 0 Å². The topological polar surface area (TPSA) is 18.5 Å². The molecule has 0 amide bonds. The highest BCUT2D eigenvalue weighted by Crippen LogP contribution is 2.37. The number of hydrogen-bond acceptors (Lipinski definition) is 2. The Balaban J connectivity index is 6.51. The Morgan fingerprint density at radius 1 is 0.545 bits per heavy atom. The minimum absolute atomic E-state index is 0.153. The first-order valence-electron chi connectivity index (χ1n) is 12.2. The summed E-state index contributed by atoms with van der Waals surface area (Å²) < 4.78 is 13.1. The average Bonchev–Trinajstić information content (AvgIpc) is 2.55. The molecule has 0 aromatic rings. The highest BCUT2D eigenvalue weighted by atomic mass is 28.4. The summed E-state index contributed by atoms with van der Waals surface area (Å²) >= 11 is 0. The fourth-order valence-corrected chi connectivity index (χ4v) is 4.78. The van der Waals surface area contributed by atoms with E-state index < -0.39 is 32.8 Å². The molecule has 0 aliphatic carbocycles. The van der Waals surface area contributed by atoms with Crippen LogP contribution in [-0.4, -0.2) is 46.0 Å². The molecular formula is C27H52O2Si4. The van der Waals surface area contributed by atoms with Crippen molar-refractivity contribution in [2.45, 2.75) is 117 Å². The van der Waals surface area contributed by atoms with Gasteiger partial charge in [-0.25, -0.2) is 0 Å². The molecule has 0 heterocycles. The Kier molecular flexibility index (Phi) is 11.2. The minimum Gasteiger partial charge on any atom is -0.411 e. The normalized spacial score (nSPS) is 13.3. The lowest BCUT2D eigenvalue weighted by Gasteiger charge is -2.36. The van der Waals surface area contributed by atoms with Crippen LogP contribution in [0.1, 0.15) is 41.5 Å². The van der Waals surface area contributed by atoms with E-state index in [-0.39, 0.29) is 10.1 Å². The molecule has 0 radical (unpaired) electrons. The average molecular weight is 521 g/mol. The van der Waals surface area contributed by atoms with E-state index in [1.165, 1.54) is 0 Å². The predicted octanol–water partition coefficient (Wildman–Crippen LogP) is 8.24. The van der Waals surface area contributed by atoms with Gasteiger partial charge >= 0.3 is 0 Å². The van der Waals surface area contributed by atoms with Gasteiger partial charge in [0.2, 0.25) is 0 Å². The molecule has 0 spiro atoms. The third kappa shape index (κ3) is 13.2. The van der Waals surface area contributed by atoms with E-state index in [1.54, 1.807) is 0 Å². The van der Waals surface area contributed by atoms with E-state index in [0.29, 0.717) is 13.2 Å². The Bertz CT molecular complexity index is 787. The molecule has 2 nitrogen and oxygen atoms in total. The highest BCUT2D eigenvalue weighted by molar-refractivity contribution is 6.84. The van der Waals surface area contributed by atoms with Crippen molar-refractivity contribution in [1.29, 1.82) is 0 Å². The first-order valence-corrected chi connectivity index (χ1v) is 25.0. The molecule has 188 valence electrons. The SMILES string of the molecule is CC(C)(C)[Si](C)(C)OCC(=C=C(C#C[Si](C)(C)C)CO[Si](C)(C)C(C)(C)C)C#C[Si](C)(C)C. The van der Waals surface area contributed by atoms with Crippen LogP contribution in [0, 0.1) is 22.9 Å². The molecule has 0 aromatic heterocycles. The van der Waals surface area contributed by atoms with E-state index in [4.69, 9.17) is 8.85 Å². The second-order valence-corrected chi connectivity index (χ2v) is 33.3. The highest BCUT2D eigenvalue weighted by Gasteiger charge is 2.38. The molecule has 0 unspecified atom stereocenters. The lowest BCUT2D eigenvalue weighted by Crippen LogP contribution is -2.41. The van der Waals surface area contributed by atoms with Crippen molar-refractivity contribution < 1.29 is 8.85 Å². The van der Waals surface area contributed by atoms with Crippen molar-refractivity contribution in [3.63, 3.8) is 0 Å². The van der Waals surface area contributed by atoms with E-state index in [9.17, 15) is 0 Å². The van der Waals surface area contributed by atoms with Crippen molar-refractivity contribution in [1.82, 2.24) is 0 Å². The van der Waals surface area contributed by atoms with Crippen LogP contribution in [0.15, 0.2) is 16.9 Å². The first-order chi connectivity index (χ1) is 14.4. The molecular weight excluding hydrogens is 469 g/mol. The molecule has 0 aliphatic heterocycles. The quantitative estimate of drug-likeness (QED) is 0.199. The van der Waals surface area contributed by atoms with Gasteiger partial charge in [-0.1, -0.05) is 98.4 Å². The van der Waals surface area contributed by atoms with Gasteiger partial charge in [-0.15, -0.1) is 11.1 Å². The van der Waals surface area contributed by atoms with E-state index in [2.05, 4.69) is 136 Å². The smallest absolute Gasteiger partial charge is 0.192 e. The maximum absolute atomic E-state index is 6.53. The van der Waals surface area contributed by atoms with Crippen molar-refractivity contribution in [2.75, 3.05) is 13.2 Å². The fraction of sp³-hybridized carbons (Fsp3) is 0.741. The lowest BCUT2D eigenvalue weighted by molar-refractivity contribution is 0.319. The molecule has 6 heteroatoms. The van der Waals surface area contributed by atoms with Gasteiger partial charge in [0, 0.05) is 0 Å². The van der Waals surface area contributed by atoms with Gasteiger partial charge in [0.1, 0.15) is 16.1 Å². The maximum Gasteiger partial charge on any atom is 0.192 e. The molecule has 0 fully saturated rings. The summed E-state index contributed by atoms with van der Waals surface area (Å²) in [4.78, 5) is 0. The standard InChI is InChI=1S/C27H52O2Si4/c1-26(2,3)32(13,14)28-22-24(17-19-30(7,8)9)21-25(18-20-31(10,11)12)23-29-33(15,16)27(4,5)6/h22-23H2,1-16H3. The molecule has 0 rings (SSSR count). The third-order valence-electron chi connectivity index (χ3n) is 6.25. The zero-order valence-corrected chi connectivity index (χ0v) is 28.7. The second-order valence-electron chi connectivity index (χ2n) is 14.2. The van der Waals surface area contributed by atoms with E-state index in [1.807, 2.05) is 0 Å². The fourth-order valence-electron chi connectivity index (χ4n) is 1.85. The third-order valence-corrected chi connectivity index (χ3v) is 17.0. The summed E-state index contributed by atoms with van der Waals surface area (Å²) in [6.07, 6.45) is 0. The Morgan fingerprint density at radius 2 is 0.818 bits per heavy atom. The van der Waals surface area contributed by atoms with Crippen LogP contribution in [0.4, 0.5) is 0 Å². The molecule has 33 heavy (non-hydrogen) atoms. The van der Waals surface area contributed by atoms with Gasteiger partial charge in [0.25, 0.3) is 0 Å². The van der Waals surface area contributed by atoms with Crippen LogP contribution in [0.3, 0.4) is 0 Å². The zero-order valence-electron chi connectivity index (χ0n) is 24.7. The van der Waals surface area contributed by atoms with Crippen molar-refractivity contribution >= 4 is 32.8 Å². The predicted molar refractivity (Wildman–Crippen MR) is 159 cm³/mol. The van der Waals surface area contributed by atoms with Crippen LogP contribution in [-0.2, 0) is 8.85 Å². The summed E-state index contributed by atoms with van der Waals surface area (Å²) in [5, 5.41) is 0.305. The number of hydrogen-bond donors (Lipinski definition) is 0. The van der Waals surface area contributed by atoms with Gasteiger partial charge in [-0.3, -0.25) is 0 Å². The van der Waals surface area contributed by atoms with Gasteiger partial charge in [-0.2, -0.15) is 0 Å². The Morgan fingerprint density at radius 3 is 1.03 bits per heavy atom. The summed E-state index contributed by atoms with van der Waals surface area (Å²) in [5.74, 6) is 6.86. The molecule has 0 bridgehead atoms. The lowest BCUT2D eigenvalue weighted by atomic mass is 10.2. The van der Waals surface area contributed by atoms with Gasteiger partial charge in [0.05, 0.1) is 24.4 Å². The van der Waals surface area contributed by atoms with Crippen LogP contribution in [0.2, 0.25) is 75.5 Å². The van der Waals surface area contributed by atoms with Gasteiger partial charge in [-0.05, 0) is 36.3 Å². The molecule has 0 aliphatic rings. The molecule has 0 N–H and O–H groups in total. The first kappa shape index (κ1) is 32.4. The van der Waals surface area contributed by atoms with Crippen LogP contribution < -0.4 is 0 Å². The maximum atomic E-state index is 6.53. The van der Waals surface area contributed by atoms with Crippen LogP contribution >= 0.6 is 0 Å². The monoisotopic (exact) mass is 520 g/mol. The molecule has 0 saturated heterocycles.